The molecule has 1 heterocycles. The second kappa shape index (κ2) is 7.29. The first-order chi connectivity index (χ1) is 14.2. The van der Waals surface area contributed by atoms with E-state index in [1.54, 1.807) is 29.2 Å². The number of fused-ring (bicyclic) bond motifs is 1. The first-order valence-corrected chi connectivity index (χ1v) is 11.2. The third-order valence-corrected chi connectivity index (χ3v) is 7.28. The van der Waals surface area contributed by atoms with Crippen molar-refractivity contribution in [2.45, 2.75) is 39.1 Å². The minimum Gasteiger partial charge on any atom is -0.287 e. The number of carbonyl (C=O) groups is 1. The van der Waals surface area contributed by atoms with E-state index in [0.717, 1.165) is 32.1 Å². The summed E-state index contributed by atoms with van der Waals surface area (Å²) in [4.78, 5) is 15.4. The summed E-state index contributed by atoms with van der Waals surface area (Å²) in [6.45, 7) is 7.93. The van der Waals surface area contributed by atoms with Crippen LogP contribution in [0.25, 0.3) is 0 Å². The van der Waals surface area contributed by atoms with E-state index >= 15 is 0 Å². The molecular weight excluding hydrogens is 396 g/mol. The summed E-state index contributed by atoms with van der Waals surface area (Å²) in [5.41, 5.74) is 5.43. The predicted octanol–water partition coefficient (Wildman–Crippen LogP) is 5.26. The third-order valence-electron chi connectivity index (χ3n) is 5.55. The quantitative estimate of drug-likeness (QED) is 0.581. The standard InChI is InChI=1S/C24H24N2O3S/c1-16-12-13-17(2)20(14-16)15-25-21-10-5-6-11-22(21)30(28,29)26(24(25)27)23-18(3)8-7-9-19(23)4/h5-14H,15H2,1-4H3. The van der Waals surface area contributed by atoms with E-state index in [4.69, 9.17) is 0 Å². The van der Waals surface area contributed by atoms with E-state index < -0.39 is 16.1 Å². The minimum absolute atomic E-state index is 0.137. The van der Waals surface area contributed by atoms with Crippen molar-refractivity contribution in [1.82, 2.24) is 0 Å². The molecule has 0 saturated carbocycles. The lowest BCUT2D eigenvalue weighted by Gasteiger charge is -2.37. The number of para-hydroxylation sites is 2. The first kappa shape index (κ1) is 20.2. The van der Waals surface area contributed by atoms with Gasteiger partial charge in [-0.1, -0.05) is 54.1 Å². The van der Waals surface area contributed by atoms with Crippen LogP contribution in [0.5, 0.6) is 0 Å². The number of carbonyl (C=O) groups excluding carboxylic acids is 1. The topological polar surface area (TPSA) is 57.7 Å². The lowest BCUT2D eigenvalue weighted by atomic mass is 10.0. The molecule has 1 aliphatic heterocycles. The molecule has 6 heteroatoms. The zero-order chi connectivity index (χ0) is 21.6. The Bertz CT molecular complexity index is 1240. The Hall–Kier alpha value is -3.12. The van der Waals surface area contributed by atoms with Crippen molar-refractivity contribution in [3.8, 4) is 0 Å². The predicted molar refractivity (Wildman–Crippen MR) is 120 cm³/mol. The maximum Gasteiger partial charge on any atom is 0.343 e. The van der Waals surface area contributed by atoms with Gasteiger partial charge in [-0.25, -0.2) is 13.2 Å². The van der Waals surface area contributed by atoms with Crippen LogP contribution >= 0.6 is 0 Å². The summed E-state index contributed by atoms with van der Waals surface area (Å²) >= 11 is 0. The summed E-state index contributed by atoms with van der Waals surface area (Å²) in [5, 5.41) is 0. The third kappa shape index (κ3) is 3.17. The molecule has 0 aliphatic carbocycles. The fourth-order valence-corrected chi connectivity index (χ4v) is 5.67. The fourth-order valence-electron chi connectivity index (χ4n) is 3.95. The van der Waals surface area contributed by atoms with E-state index in [1.807, 2.05) is 64.1 Å². The van der Waals surface area contributed by atoms with Crippen LogP contribution in [-0.2, 0) is 16.6 Å². The van der Waals surface area contributed by atoms with Gasteiger partial charge in [0.25, 0.3) is 10.0 Å². The van der Waals surface area contributed by atoms with Crippen molar-refractivity contribution in [2.24, 2.45) is 0 Å². The SMILES string of the molecule is Cc1ccc(C)c(CN2C(=O)N(c3c(C)cccc3C)S(=O)(=O)c3ccccc32)c1. The van der Waals surface area contributed by atoms with Crippen LogP contribution in [0.2, 0.25) is 0 Å². The Balaban J connectivity index is 1.93. The van der Waals surface area contributed by atoms with Crippen molar-refractivity contribution in [2.75, 3.05) is 9.21 Å². The van der Waals surface area contributed by atoms with Gasteiger partial charge in [0, 0.05) is 0 Å². The molecule has 154 valence electrons. The molecule has 0 bridgehead atoms. The molecule has 0 spiro atoms. The van der Waals surface area contributed by atoms with Crippen LogP contribution in [0.1, 0.15) is 27.8 Å². The van der Waals surface area contributed by atoms with Crippen molar-refractivity contribution >= 4 is 27.4 Å². The normalized spacial score (nSPS) is 15.3. The zero-order valence-corrected chi connectivity index (χ0v) is 18.3. The van der Waals surface area contributed by atoms with Gasteiger partial charge in [-0.15, -0.1) is 0 Å². The van der Waals surface area contributed by atoms with Crippen LogP contribution in [0.15, 0.2) is 65.6 Å². The van der Waals surface area contributed by atoms with Crippen molar-refractivity contribution < 1.29 is 13.2 Å². The number of anilines is 2. The number of hydrogen-bond donors (Lipinski definition) is 0. The maximum absolute atomic E-state index is 13.7. The highest BCUT2D eigenvalue weighted by Crippen LogP contribution is 2.40. The Labute approximate surface area is 177 Å². The number of amides is 2. The molecule has 0 aromatic heterocycles. The molecule has 0 unspecified atom stereocenters. The lowest BCUT2D eigenvalue weighted by Crippen LogP contribution is -2.51. The molecule has 4 rings (SSSR count). The van der Waals surface area contributed by atoms with Crippen molar-refractivity contribution in [3.63, 3.8) is 0 Å². The average Bonchev–Trinajstić information content (AvgIpc) is 2.70. The largest absolute Gasteiger partial charge is 0.343 e. The van der Waals surface area contributed by atoms with Gasteiger partial charge in [0.2, 0.25) is 0 Å². The summed E-state index contributed by atoms with van der Waals surface area (Å²) in [6, 6.07) is 17.7. The van der Waals surface area contributed by atoms with Crippen molar-refractivity contribution in [1.29, 1.82) is 0 Å². The van der Waals surface area contributed by atoms with Gasteiger partial charge in [0.15, 0.2) is 0 Å². The lowest BCUT2D eigenvalue weighted by molar-refractivity contribution is 0.253. The number of urea groups is 1. The second-order valence-corrected chi connectivity index (χ2v) is 9.53. The molecule has 0 fully saturated rings. The van der Waals surface area contributed by atoms with Crippen LogP contribution in [-0.4, -0.2) is 14.4 Å². The van der Waals surface area contributed by atoms with Gasteiger partial charge in [-0.3, -0.25) is 4.90 Å². The molecule has 0 N–H and O–H groups in total. The molecule has 0 saturated heterocycles. The van der Waals surface area contributed by atoms with Crippen molar-refractivity contribution in [3.05, 3.63) is 88.5 Å². The van der Waals surface area contributed by atoms with Gasteiger partial charge in [-0.05, 0) is 62.1 Å². The van der Waals surface area contributed by atoms with Gasteiger partial charge in [-0.2, -0.15) is 4.31 Å². The summed E-state index contributed by atoms with van der Waals surface area (Å²) in [7, 11) is -4.03. The number of rotatable bonds is 3. The molecule has 1 aliphatic rings. The van der Waals surface area contributed by atoms with E-state index in [-0.39, 0.29) is 4.90 Å². The Morgan fingerprint density at radius 1 is 0.800 bits per heavy atom. The van der Waals surface area contributed by atoms with Gasteiger partial charge in [0.05, 0.1) is 17.9 Å². The van der Waals surface area contributed by atoms with E-state index in [9.17, 15) is 13.2 Å². The molecule has 5 nitrogen and oxygen atoms in total. The van der Waals surface area contributed by atoms with E-state index in [0.29, 0.717) is 17.9 Å². The summed E-state index contributed by atoms with van der Waals surface area (Å²) in [5.74, 6) is 0. The Kier molecular flexibility index (Phi) is 4.90. The number of benzene rings is 3. The van der Waals surface area contributed by atoms with E-state index in [1.165, 1.54) is 0 Å². The van der Waals surface area contributed by atoms with Crippen LogP contribution in [0.4, 0.5) is 16.2 Å². The highest BCUT2D eigenvalue weighted by atomic mass is 32.2. The molecule has 0 atom stereocenters. The number of hydrogen-bond acceptors (Lipinski definition) is 3. The molecule has 3 aromatic carbocycles. The molecule has 0 radical (unpaired) electrons. The van der Waals surface area contributed by atoms with Crippen LogP contribution < -0.4 is 9.21 Å². The highest BCUT2D eigenvalue weighted by molar-refractivity contribution is 7.94. The van der Waals surface area contributed by atoms with E-state index in [2.05, 4.69) is 0 Å². The smallest absolute Gasteiger partial charge is 0.287 e. The summed E-state index contributed by atoms with van der Waals surface area (Å²) in [6.07, 6.45) is 0. The second-order valence-electron chi connectivity index (χ2n) is 7.78. The Morgan fingerprint density at radius 2 is 1.47 bits per heavy atom. The zero-order valence-electron chi connectivity index (χ0n) is 17.5. The maximum atomic E-state index is 13.7. The molecular formula is C24H24N2O3S. The van der Waals surface area contributed by atoms with Crippen LogP contribution in [0.3, 0.4) is 0 Å². The molecule has 2 amide bonds. The monoisotopic (exact) mass is 420 g/mol. The van der Waals surface area contributed by atoms with Crippen LogP contribution in [0, 0.1) is 27.7 Å². The Morgan fingerprint density at radius 3 is 2.17 bits per heavy atom. The molecule has 3 aromatic rings. The fraction of sp³-hybridized carbons (Fsp3) is 0.208. The van der Waals surface area contributed by atoms with Gasteiger partial charge in [0.1, 0.15) is 4.90 Å². The number of nitrogens with zero attached hydrogens (tertiary/aromatic N) is 2. The highest BCUT2D eigenvalue weighted by Gasteiger charge is 2.43. The average molecular weight is 421 g/mol. The van der Waals surface area contributed by atoms with Gasteiger partial charge >= 0.3 is 6.03 Å². The summed E-state index contributed by atoms with van der Waals surface area (Å²) < 4.78 is 28.0. The van der Waals surface area contributed by atoms with Gasteiger partial charge < -0.3 is 0 Å². The minimum atomic E-state index is -4.03. The number of sulfonamides is 1. The first-order valence-electron chi connectivity index (χ1n) is 9.80. The number of aryl methyl sites for hydroxylation is 4. The molecule has 30 heavy (non-hydrogen) atoms.